The molecule has 4 aromatic heterocycles. The van der Waals surface area contributed by atoms with Crippen molar-refractivity contribution in [2.45, 2.75) is 26.4 Å². The standard InChI is InChI=1S/C22H18N4O6S2/c1-22(2,3)32-21(31)26-13-9-34-17(15(13)24-19(26)28)11-6-4-10(5-7-11)16-14-12(8-33-16)25(20(29)30)18(27)23-14/h4-9H,1-3H3,(H,23,27)(H,24,28)(H,29,30). The number of hydrogen-bond acceptors (Lipinski definition) is 7. The molecule has 0 bridgehead atoms. The molecule has 0 radical (unpaired) electrons. The lowest BCUT2D eigenvalue weighted by molar-refractivity contribution is 0.0538. The maximum Gasteiger partial charge on any atom is 0.423 e. The number of rotatable bonds is 2. The molecule has 5 aromatic rings. The molecule has 174 valence electrons. The molecule has 3 N–H and O–H groups in total. The highest BCUT2D eigenvalue weighted by molar-refractivity contribution is 7.15. The lowest BCUT2D eigenvalue weighted by atomic mass is 10.1. The summed E-state index contributed by atoms with van der Waals surface area (Å²) in [5, 5.41) is 12.6. The first kappa shape index (κ1) is 21.9. The van der Waals surface area contributed by atoms with Gasteiger partial charge in [-0.2, -0.15) is 9.13 Å². The Balaban J connectivity index is 1.53. The number of carbonyl (C=O) groups is 2. The van der Waals surface area contributed by atoms with Crippen molar-refractivity contribution in [3.8, 4) is 20.9 Å². The van der Waals surface area contributed by atoms with Crippen LogP contribution in [-0.2, 0) is 4.74 Å². The quantitative estimate of drug-likeness (QED) is 0.321. The lowest BCUT2D eigenvalue weighted by Gasteiger charge is -2.19. The van der Waals surface area contributed by atoms with Gasteiger partial charge in [0.15, 0.2) is 0 Å². The second-order valence-corrected chi connectivity index (χ2v) is 10.3. The van der Waals surface area contributed by atoms with E-state index in [4.69, 9.17) is 4.74 Å². The first-order valence-corrected chi connectivity index (χ1v) is 11.8. The Labute approximate surface area is 198 Å². The minimum Gasteiger partial charge on any atom is -0.464 e. The fourth-order valence-corrected chi connectivity index (χ4v) is 5.69. The zero-order valence-electron chi connectivity index (χ0n) is 18.2. The molecule has 4 heterocycles. The van der Waals surface area contributed by atoms with Crippen molar-refractivity contribution >= 4 is 56.9 Å². The molecule has 0 saturated heterocycles. The number of fused-ring (bicyclic) bond motifs is 2. The Morgan fingerprint density at radius 2 is 1.29 bits per heavy atom. The van der Waals surface area contributed by atoms with Gasteiger partial charge in [0.05, 0.1) is 31.8 Å². The van der Waals surface area contributed by atoms with Gasteiger partial charge in [-0.15, -0.1) is 22.7 Å². The van der Waals surface area contributed by atoms with Crippen LogP contribution in [0.4, 0.5) is 9.59 Å². The van der Waals surface area contributed by atoms with E-state index in [1.54, 1.807) is 31.5 Å². The van der Waals surface area contributed by atoms with Crippen molar-refractivity contribution in [1.82, 2.24) is 19.1 Å². The number of H-pyrrole nitrogens is 2. The highest BCUT2D eigenvalue weighted by Crippen LogP contribution is 2.37. The van der Waals surface area contributed by atoms with Crippen molar-refractivity contribution in [3.05, 3.63) is 56.0 Å². The third kappa shape index (κ3) is 3.47. The van der Waals surface area contributed by atoms with Gasteiger partial charge in [0.1, 0.15) is 5.60 Å². The smallest absolute Gasteiger partial charge is 0.423 e. The molecular weight excluding hydrogens is 480 g/mol. The maximum absolute atomic E-state index is 12.5. The van der Waals surface area contributed by atoms with Crippen LogP contribution in [0.15, 0.2) is 44.6 Å². The lowest BCUT2D eigenvalue weighted by Crippen LogP contribution is -2.32. The van der Waals surface area contributed by atoms with E-state index >= 15 is 0 Å². The Bertz CT molecular complexity index is 1700. The molecule has 5 rings (SSSR count). The summed E-state index contributed by atoms with van der Waals surface area (Å²) < 4.78 is 7.01. The third-order valence-corrected chi connectivity index (χ3v) is 7.10. The number of nitrogens with zero attached hydrogens (tertiary/aromatic N) is 2. The second kappa shape index (κ2) is 7.57. The van der Waals surface area contributed by atoms with E-state index < -0.39 is 29.2 Å². The molecule has 0 fully saturated rings. The number of carboxylic acid groups (broad SMARTS) is 1. The van der Waals surface area contributed by atoms with E-state index in [9.17, 15) is 24.3 Å². The van der Waals surface area contributed by atoms with Gasteiger partial charge in [0.25, 0.3) is 0 Å². The molecule has 0 spiro atoms. The van der Waals surface area contributed by atoms with Crippen LogP contribution in [0.1, 0.15) is 20.8 Å². The predicted molar refractivity (Wildman–Crippen MR) is 130 cm³/mol. The number of imidazole rings is 2. The van der Waals surface area contributed by atoms with E-state index in [1.165, 1.54) is 22.7 Å². The Morgan fingerprint density at radius 1 is 0.853 bits per heavy atom. The van der Waals surface area contributed by atoms with Crippen molar-refractivity contribution in [2.75, 3.05) is 0 Å². The average molecular weight is 499 g/mol. The Kier molecular flexibility index (Phi) is 4.88. The highest BCUT2D eigenvalue weighted by Gasteiger charge is 2.24. The molecule has 0 atom stereocenters. The molecule has 0 aliphatic heterocycles. The average Bonchev–Trinajstić information content (AvgIpc) is 3.46. The zero-order chi connectivity index (χ0) is 24.4. The van der Waals surface area contributed by atoms with E-state index in [0.29, 0.717) is 26.6 Å². The van der Waals surface area contributed by atoms with Crippen LogP contribution >= 0.6 is 22.7 Å². The number of benzene rings is 1. The van der Waals surface area contributed by atoms with Crippen LogP contribution in [-0.4, -0.2) is 42.0 Å². The molecule has 0 saturated carbocycles. The summed E-state index contributed by atoms with van der Waals surface area (Å²) >= 11 is 2.71. The number of aromatic nitrogens is 4. The van der Waals surface area contributed by atoms with Crippen LogP contribution in [0.3, 0.4) is 0 Å². The van der Waals surface area contributed by atoms with Gasteiger partial charge in [-0.25, -0.2) is 19.2 Å². The van der Waals surface area contributed by atoms with Crippen molar-refractivity contribution in [1.29, 1.82) is 0 Å². The summed E-state index contributed by atoms with van der Waals surface area (Å²) in [6.45, 7) is 5.19. The summed E-state index contributed by atoms with van der Waals surface area (Å²) in [4.78, 5) is 55.2. The van der Waals surface area contributed by atoms with Gasteiger partial charge in [-0.1, -0.05) is 24.3 Å². The summed E-state index contributed by atoms with van der Waals surface area (Å²) in [6, 6.07) is 7.43. The fraction of sp³-hybridized carbons (Fsp3) is 0.182. The Hall–Kier alpha value is -3.90. The molecule has 12 heteroatoms. The number of ether oxygens (including phenoxy) is 1. The Morgan fingerprint density at radius 3 is 1.74 bits per heavy atom. The highest BCUT2D eigenvalue weighted by atomic mass is 32.1. The summed E-state index contributed by atoms with van der Waals surface area (Å²) in [7, 11) is 0. The number of carbonyl (C=O) groups excluding carboxylic acids is 1. The molecule has 1 aromatic carbocycles. The summed E-state index contributed by atoms with van der Waals surface area (Å²) in [5.41, 5.74) is 1.36. The van der Waals surface area contributed by atoms with E-state index in [2.05, 4.69) is 9.97 Å². The van der Waals surface area contributed by atoms with E-state index in [1.807, 2.05) is 24.3 Å². The largest absolute Gasteiger partial charge is 0.464 e. The summed E-state index contributed by atoms with van der Waals surface area (Å²) in [5.74, 6) is 0. The van der Waals surface area contributed by atoms with Crippen molar-refractivity contribution < 1.29 is 19.4 Å². The van der Waals surface area contributed by atoms with Gasteiger partial charge < -0.3 is 19.8 Å². The molecule has 10 nitrogen and oxygen atoms in total. The van der Waals surface area contributed by atoms with Crippen molar-refractivity contribution in [3.63, 3.8) is 0 Å². The SMILES string of the molecule is CC(C)(C)OC(=O)n1c(=O)[nH]c2c(-c3ccc(-c4scc5c4[nH]c(=O)n5C(=O)O)cc3)scc21. The van der Waals surface area contributed by atoms with E-state index in [0.717, 1.165) is 25.4 Å². The number of aromatic amines is 2. The molecule has 34 heavy (non-hydrogen) atoms. The normalized spacial score (nSPS) is 12.0. The second-order valence-electron chi connectivity index (χ2n) is 8.52. The van der Waals surface area contributed by atoms with E-state index in [-0.39, 0.29) is 0 Å². The van der Waals surface area contributed by atoms with Crippen LogP contribution in [0.5, 0.6) is 0 Å². The van der Waals surface area contributed by atoms with Gasteiger partial charge in [-0.05, 0) is 31.9 Å². The van der Waals surface area contributed by atoms with Crippen LogP contribution in [0.2, 0.25) is 0 Å². The molecule has 0 unspecified atom stereocenters. The van der Waals surface area contributed by atoms with Crippen LogP contribution in [0, 0.1) is 0 Å². The maximum atomic E-state index is 12.5. The minimum absolute atomic E-state index is 0.308. The van der Waals surface area contributed by atoms with Gasteiger partial charge in [0.2, 0.25) is 0 Å². The molecule has 0 amide bonds. The third-order valence-electron chi connectivity index (χ3n) is 5.07. The van der Waals surface area contributed by atoms with Crippen LogP contribution < -0.4 is 11.4 Å². The molecular formula is C22H18N4O6S2. The molecule has 0 aliphatic rings. The summed E-state index contributed by atoms with van der Waals surface area (Å²) in [6.07, 6.45) is -2.09. The number of hydrogen-bond donors (Lipinski definition) is 3. The van der Waals surface area contributed by atoms with Crippen molar-refractivity contribution in [2.24, 2.45) is 0 Å². The van der Waals surface area contributed by atoms with Crippen LogP contribution in [0.25, 0.3) is 42.9 Å². The van der Waals surface area contributed by atoms with Gasteiger partial charge >= 0.3 is 23.6 Å². The minimum atomic E-state index is -1.34. The fourth-order valence-electron chi connectivity index (χ4n) is 3.69. The monoisotopic (exact) mass is 498 g/mol. The topological polar surface area (TPSA) is 139 Å². The first-order valence-electron chi connectivity index (χ1n) is 10.1. The predicted octanol–water partition coefficient (Wildman–Crippen LogP) is 4.74. The number of nitrogens with one attached hydrogen (secondary N) is 2. The first-order chi connectivity index (χ1) is 16.0. The number of thiophene rings is 2. The van der Waals surface area contributed by atoms with Gasteiger partial charge in [-0.3, -0.25) is 0 Å². The van der Waals surface area contributed by atoms with Gasteiger partial charge in [0, 0.05) is 10.8 Å². The molecule has 0 aliphatic carbocycles. The zero-order valence-corrected chi connectivity index (χ0v) is 19.8.